The van der Waals surface area contributed by atoms with E-state index in [2.05, 4.69) is 59.9 Å². The van der Waals surface area contributed by atoms with E-state index in [1.165, 1.54) is 12.2 Å². The maximum absolute atomic E-state index is 13.6. The van der Waals surface area contributed by atoms with Crippen LogP contribution in [0.3, 0.4) is 0 Å². The summed E-state index contributed by atoms with van der Waals surface area (Å²) in [5, 5.41) is 0. The zero-order chi connectivity index (χ0) is 36.8. The number of nitrogens with two attached hydrogens (primary N) is 1. The van der Waals surface area contributed by atoms with Gasteiger partial charge in [0.25, 0.3) is 0 Å². The molecule has 2 N–H and O–H groups in total. The molecule has 0 spiro atoms. The van der Waals surface area contributed by atoms with Crippen molar-refractivity contribution in [2.75, 3.05) is 6.54 Å². The molecule has 0 unspecified atom stereocenters. The molecule has 1 aromatic rings. The SMILES string of the molecule is C=C/C(=C\C=C(/C=C)S(=O)(=O)C(/C=C\C(=C/C)C(C)(C)CC)=C/C)Oc1ccc(C(C)(C)C(/C=C\C(=C/C)OC(C)(C)CN)=C/C)cc1. The molecule has 0 fully saturated rings. The summed E-state index contributed by atoms with van der Waals surface area (Å²) in [4.78, 5) is 0.249. The summed E-state index contributed by atoms with van der Waals surface area (Å²) in [7, 11) is -3.82. The summed E-state index contributed by atoms with van der Waals surface area (Å²) in [6.45, 7) is 30.3. The molecule has 262 valence electrons. The number of hydrogen-bond acceptors (Lipinski definition) is 5. The van der Waals surface area contributed by atoms with Gasteiger partial charge in [-0.25, -0.2) is 8.42 Å². The van der Waals surface area contributed by atoms with Crippen molar-refractivity contribution in [3.8, 4) is 5.75 Å². The summed E-state index contributed by atoms with van der Waals surface area (Å²) in [5.41, 5.74) is 8.29. The lowest BCUT2D eigenvalue weighted by Crippen LogP contribution is -2.33. The van der Waals surface area contributed by atoms with E-state index in [9.17, 15) is 8.42 Å². The normalized spacial score (nSPS) is 15.3. The molecule has 0 saturated carbocycles. The van der Waals surface area contributed by atoms with Crippen LogP contribution in [0.1, 0.15) is 88.1 Å². The van der Waals surface area contributed by atoms with E-state index in [1.54, 1.807) is 31.2 Å². The largest absolute Gasteiger partial charge is 0.487 e. The maximum Gasteiger partial charge on any atom is 0.206 e. The Bertz CT molecular complexity index is 1620. The van der Waals surface area contributed by atoms with Crippen LogP contribution in [0.2, 0.25) is 0 Å². The number of sulfone groups is 1. The summed E-state index contributed by atoms with van der Waals surface area (Å²) in [6.07, 6.45) is 22.1. The van der Waals surface area contributed by atoms with Crippen molar-refractivity contribution < 1.29 is 17.9 Å². The van der Waals surface area contributed by atoms with Crippen molar-refractivity contribution in [2.24, 2.45) is 11.1 Å². The van der Waals surface area contributed by atoms with E-state index in [1.807, 2.05) is 83.2 Å². The summed E-state index contributed by atoms with van der Waals surface area (Å²) >= 11 is 0. The number of allylic oxidation sites excluding steroid dienone is 14. The average Bonchev–Trinajstić information content (AvgIpc) is 3.05. The van der Waals surface area contributed by atoms with Gasteiger partial charge < -0.3 is 15.2 Å². The van der Waals surface area contributed by atoms with Crippen LogP contribution in [0.15, 0.2) is 143 Å². The summed E-state index contributed by atoms with van der Waals surface area (Å²) < 4.78 is 39.3. The highest BCUT2D eigenvalue weighted by atomic mass is 32.2. The fourth-order valence-electron chi connectivity index (χ4n) is 4.77. The van der Waals surface area contributed by atoms with Gasteiger partial charge in [0.2, 0.25) is 9.84 Å². The Labute approximate surface area is 292 Å². The predicted molar refractivity (Wildman–Crippen MR) is 207 cm³/mol. The van der Waals surface area contributed by atoms with Crippen molar-refractivity contribution in [1.29, 1.82) is 0 Å². The van der Waals surface area contributed by atoms with Crippen LogP contribution < -0.4 is 10.5 Å². The van der Waals surface area contributed by atoms with Gasteiger partial charge in [-0.2, -0.15) is 0 Å². The highest BCUT2D eigenvalue weighted by Gasteiger charge is 2.25. The lowest BCUT2D eigenvalue weighted by Gasteiger charge is -2.28. The second kappa shape index (κ2) is 18.6. The molecule has 1 rings (SSSR count). The van der Waals surface area contributed by atoms with E-state index < -0.39 is 15.4 Å². The third-order valence-corrected chi connectivity index (χ3v) is 10.5. The van der Waals surface area contributed by atoms with E-state index in [-0.39, 0.29) is 20.6 Å². The van der Waals surface area contributed by atoms with Gasteiger partial charge >= 0.3 is 0 Å². The molecule has 48 heavy (non-hydrogen) atoms. The molecule has 0 heterocycles. The van der Waals surface area contributed by atoms with Crippen molar-refractivity contribution in [3.05, 3.63) is 148 Å². The lowest BCUT2D eigenvalue weighted by molar-refractivity contribution is 0.0500. The first-order valence-corrected chi connectivity index (χ1v) is 18.0. The summed E-state index contributed by atoms with van der Waals surface area (Å²) in [5.74, 6) is 1.75. The Kier molecular flexibility index (Phi) is 16.3. The van der Waals surface area contributed by atoms with Gasteiger partial charge in [0, 0.05) is 12.0 Å². The Hall–Kier alpha value is -3.87. The molecule has 0 bridgehead atoms. The molecule has 5 nitrogen and oxygen atoms in total. The van der Waals surface area contributed by atoms with Crippen LogP contribution in [-0.2, 0) is 20.0 Å². The molecule has 0 aromatic heterocycles. The first-order chi connectivity index (χ1) is 22.4. The molecule has 0 saturated heterocycles. The van der Waals surface area contributed by atoms with Gasteiger partial charge in [0.15, 0.2) is 0 Å². The quantitative estimate of drug-likeness (QED) is 0.124. The number of rotatable bonds is 18. The minimum atomic E-state index is -3.82. The van der Waals surface area contributed by atoms with Crippen LogP contribution in [0, 0.1) is 5.41 Å². The van der Waals surface area contributed by atoms with Crippen LogP contribution >= 0.6 is 0 Å². The fourth-order valence-corrected chi connectivity index (χ4v) is 6.07. The highest BCUT2D eigenvalue weighted by molar-refractivity contribution is 7.99. The predicted octanol–water partition coefficient (Wildman–Crippen LogP) is 10.9. The Morgan fingerprint density at radius 1 is 0.750 bits per heavy atom. The molecular weight excluding hydrogens is 615 g/mol. The van der Waals surface area contributed by atoms with Crippen molar-refractivity contribution in [1.82, 2.24) is 0 Å². The highest BCUT2D eigenvalue weighted by Crippen LogP contribution is 2.34. The monoisotopic (exact) mass is 673 g/mol. The molecule has 0 atom stereocenters. The van der Waals surface area contributed by atoms with Gasteiger partial charge in [0.1, 0.15) is 22.9 Å². The second-order valence-electron chi connectivity index (χ2n) is 13.1. The fraction of sp³-hybridized carbons (Fsp3) is 0.381. The van der Waals surface area contributed by atoms with E-state index in [4.69, 9.17) is 15.2 Å². The molecule has 0 aliphatic heterocycles. The summed E-state index contributed by atoms with van der Waals surface area (Å²) in [6, 6.07) is 7.83. The van der Waals surface area contributed by atoms with Crippen LogP contribution in [0.4, 0.5) is 0 Å². The van der Waals surface area contributed by atoms with Crippen LogP contribution in [0.25, 0.3) is 0 Å². The third kappa shape index (κ3) is 11.7. The lowest BCUT2D eigenvalue weighted by atomic mass is 9.77. The van der Waals surface area contributed by atoms with E-state index in [0.29, 0.717) is 18.1 Å². The smallest absolute Gasteiger partial charge is 0.206 e. The van der Waals surface area contributed by atoms with E-state index >= 15 is 0 Å². The third-order valence-electron chi connectivity index (χ3n) is 8.56. The maximum atomic E-state index is 13.6. The Morgan fingerprint density at radius 2 is 1.33 bits per heavy atom. The van der Waals surface area contributed by atoms with Gasteiger partial charge in [0.05, 0.1) is 9.81 Å². The zero-order valence-corrected chi connectivity index (χ0v) is 32.0. The van der Waals surface area contributed by atoms with Gasteiger partial charge in [-0.1, -0.05) is 96.4 Å². The standard InChI is InChI=1S/C42H59NO4S/c1-14-32(40(8,9)20-7)24-29-38(18-5)48(44,45)39(19-6)30-28-35(16-3)46-37-26-22-34(23-27-37)42(12,13)33(15-2)21-25-36(17-4)47-41(10,11)31-43/h14-19,21-30H,3,6,20,31,43H2,1-2,4-5,7-13H3/b25-21-,29-24-,32-14+,33-15+,35-28+,36-17+,38-18+,39-30+. The van der Waals surface area contributed by atoms with Crippen molar-refractivity contribution in [2.45, 2.75) is 93.6 Å². The number of ether oxygens (including phenoxy) is 2. The van der Waals surface area contributed by atoms with Gasteiger partial charge in [-0.3, -0.25) is 0 Å². The Balaban J connectivity index is 3.28. The molecule has 1 aromatic carbocycles. The molecule has 0 aliphatic rings. The zero-order valence-electron chi connectivity index (χ0n) is 31.2. The minimum Gasteiger partial charge on any atom is -0.487 e. The van der Waals surface area contributed by atoms with E-state index in [0.717, 1.165) is 28.9 Å². The first-order valence-electron chi connectivity index (χ1n) is 16.5. The Morgan fingerprint density at radius 3 is 1.79 bits per heavy atom. The number of hydrogen-bond donors (Lipinski definition) is 1. The molecule has 0 radical (unpaired) electrons. The molecule has 6 heteroatoms. The van der Waals surface area contributed by atoms with Crippen LogP contribution in [-0.4, -0.2) is 20.6 Å². The van der Waals surface area contributed by atoms with Crippen molar-refractivity contribution in [3.63, 3.8) is 0 Å². The minimum absolute atomic E-state index is 0.0575. The van der Waals surface area contributed by atoms with Gasteiger partial charge in [-0.15, -0.1) is 0 Å². The van der Waals surface area contributed by atoms with Gasteiger partial charge in [-0.05, 0) is 119 Å². The molecule has 0 aliphatic carbocycles. The topological polar surface area (TPSA) is 78.6 Å². The molecular formula is C42H59NO4S. The second-order valence-corrected chi connectivity index (χ2v) is 15.1. The average molecular weight is 674 g/mol. The van der Waals surface area contributed by atoms with Crippen LogP contribution in [0.5, 0.6) is 5.75 Å². The molecule has 0 amide bonds. The van der Waals surface area contributed by atoms with Crippen molar-refractivity contribution >= 4 is 9.84 Å². The first kappa shape index (κ1) is 42.2. The number of benzene rings is 1.